The van der Waals surface area contributed by atoms with Crippen LogP contribution in [0.25, 0.3) is 23.0 Å². The molecule has 0 aliphatic carbocycles. The molecule has 22 heavy (non-hydrogen) atoms. The lowest BCUT2D eigenvalue weighted by atomic mass is 10.2. The molecule has 3 aromatic rings. The number of pyridine rings is 1. The second kappa shape index (κ2) is 6.10. The Balaban J connectivity index is 1.89. The molecule has 0 amide bonds. The first-order valence-corrected chi connectivity index (χ1v) is 6.71. The Morgan fingerprint density at radius 3 is 2.86 bits per heavy atom. The summed E-state index contributed by atoms with van der Waals surface area (Å²) in [6.45, 7) is 2.13. The fourth-order valence-electron chi connectivity index (χ4n) is 1.96. The van der Waals surface area contributed by atoms with Crippen molar-refractivity contribution in [1.82, 2.24) is 15.1 Å². The molecule has 0 spiro atoms. The largest absolute Gasteiger partial charge is 0.481 e. The maximum atomic E-state index is 5.39. The smallest absolute Gasteiger partial charge is 0.258 e. The Morgan fingerprint density at radius 1 is 1.18 bits per heavy atom. The predicted octanol–water partition coefficient (Wildman–Crippen LogP) is 3.12. The van der Waals surface area contributed by atoms with Crippen LogP contribution >= 0.6 is 0 Å². The molecule has 0 fully saturated rings. The molecule has 2 heterocycles. The summed E-state index contributed by atoms with van der Waals surface area (Å²) < 4.78 is 10.7. The molecule has 0 saturated carbocycles. The fourth-order valence-corrected chi connectivity index (χ4v) is 1.96. The van der Waals surface area contributed by atoms with Crippen LogP contribution in [0, 0.1) is 19.3 Å². The van der Waals surface area contributed by atoms with Crippen molar-refractivity contribution in [3.05, 3.63) is 48.2 Å². The van der Waals surface area contributed by atoms with Crippen LogP contribution in [-0.4, -0.2) is 21.7 Å². The molecule has 0 aliphatic heterocycles. The van der Waals surface area contributed by atoms with Gasteiger partial charge in [0.15, 0.2) is 0 Å². The van der Waals surface area contributed by atoms with E-state index in [1.54, 1.807) is 6.07 Å². The van der Waals surface area contributed by atoms with E-state index < -0.39 is 0 Å². The minimum Gasteiger partial charge on any atom is -0.481 e. The maximum Gasteiger partial charge on any atom is 0.258 e. The van der Waals surface area contributed by atoms with E-state index in [9.17, 15) is 0 Å². The number of nitrogens with zero attached hydrogens (tertiary/aromatic N) is 3. The van der Waals surface area contributed by atoms with E-state index >= 15 is 0 Å². The van der Waals surface area contributed by atoms with Gasteiger partial charge in [0.25, 0.3) is 5.89 Å². The number of benzene rings is 1. The Labute approximate surface area is 128 Å². The third-order valence-electron chi connectivity index (χ3n) is 2.95. The second-order valence-electron chi connectivity index (χ2n) is 4.61. The number of aryl methyl sites for hydroxylation is 1. The summed E-state index contributed by atoms with van der Waals surface area (Å²) in [6.07, 6.45) is 5.18. The summed E-state index contributed by atoms with van der Waals surface area (Å²) in [6, 6.07) is 13.0. The summed E-state index contributed by atoms with van der Waals surface area (Å²) in [5.74, 6) is 3.94. The van der Waals surface area contributed by atoms with Gasteiger partial charge < -0.3 is 9.26 Å². The SMILES string of the molecule is C#CCOc1cccc(-c2nc(-c3cccc(C)n3)no2)c1. The first kappa shape index (κ1) is 13.8. The number of terminal acetylenes is 1. The molecular formula is C17H13N3O2. The van der Waals surface area contributed by atoms with Crippen molar-refractivity contribution in [3.8, 4) is 41.1 Å². The Hall–Kier alpha value is -3.13. The van der Waals surface area contributed by atoms with Crippen LogP contribution in [0.1, 0.15) is 5.69 Å². The van der Waals surface area contributed by atoms with Crippen LogP contribution in [0.2, 0.25) is 0 Å². The molecule has 2 aromatic heterocycles. The summed E-state index contributed by atoms with van der Waals surface area (Å²) in [7, 11) is 0. The number of rotatable bonds is 4. The van der Waals surface area contributed by atoms with Crippen LogP contribution in [-0.2, 0) is 0 Å². The minimum atomic E-state index is 0.214. The molecule has 0 radical (unpaired) electrons. The predicted molar refractivity (Wildman–Crippen MR) is 82.0 cm³/mol. The molecule has 0 saturated heterocycles. The molecule has 0 aliphatic rings. The van der Waals surface area contributed by atoms with Gasteiger partial charge in [-0.15, -0.1) is 6.42 Å². The van der Waals surface area contributed by atoms with Gasteiger partial charge in [0.2, 0.25) is 5.82 Å². The fraction of sp³-hybridized carbons (Fsp3) is 0.118. The van der Waals surface area contributed by atoms with Gasteiger partial charge in [0.05, 0.1) is 0 Å². The summed E-state index contributed by atoms with van der Waals surface area (Å²) in [4.78, 5) is 8.75. The summed E-state index contributed by atoms with van der Waals surface area (Å²) in [5, 5.41) is 3.97. The van der Waals surface area contributed by atoms with Crippen LogP contribution in [0.15, 0.2) is 47.0 Å². The quantitative estimate of drug-likeness (QED) is 0.691. The van der Waals surface area contributed by atoms with Crippen molar-refractivity contribution in [2.45, 2.75) is 6.92 Å². The lowest BCUT2D eigenvalue weighted by Crippen LogP contribution is -1.93. The van der Waals surface area contributed by atoms with Crippen molar-refractivity contribution >= 4 is 0 Å². The highest BCUT2D eigenvalue weighted by Gasteiger charge is 2.12. The van der Waals surface area contributed by atoms with Crippen molar-refractivity contribution in [1.29, 1.82) is 0 Å². The molecule has 0 atom stereocenters. The topological polar surface area (TPSA) is 61.0 Å². The molecule has 1 aromatic carbocycles. The van der Waals surface area contributed by atoms with Crippen LogP contribution in [0.4, 0.5) is 0 Å². The third kappa shape index (κ3) is 2.96. The number of hydrogen-bond donors (Lipinski definition) is 0. The van der Waals surface area contributed by atoms with E-state index in [1.165, 1.54) is 0 Å². The maximum absolute atomic E-state index is 5.39. The van der Waals surface area contributed by atoms with E-state index in [0.717, 1.165) is 11.3 Å². The van der Waals surface area contributed by atoms with Gasteiger partial charge in [-0.05, 0) is 37.3 Å². The Kier molecular flexibility index (Phi) is 3.84. The Bertz CT molecular complexity index is 834. The zero-order chi connectivity index (χ0) is 15.4. The van der Waals surface area contributed by atoms with Gasteiger partial charge >= 0.3 is 0 Å². The van der Waals surface area contributed by atoms with Gasteiger partial charge in [0.1, 0.15) is 18.1 Å². The number of aromatic nitrogens is 3. The van der Waals surface area contributed by atoms with Gasteiger partial charge in [0, 0.05) is 11.3 Å². The zero-order valence-electron chi connectivity index (χ0n) is 12.0. The molecule has 0 bridgehead atoms. The highest BCUT2D eigenvalue weighted by atomic mass is 16.5. The molecule has 5 nitrogen and oxygen atoms in total. The number of ether oxygens (including phenoxy) is 1. The second-order valence-corrected chi connectivity index (χ2v) is 4.61. The van der Waals surface area contributed by atoms with Gasteiger partial charge in [-0.2, -0.15) is 4.98 Å². The van der Waals surface area contributed by atoms with E-state index in [1.807, 2.05) is 43.3 Å². The molecule has 108 valence electrons. The third-order valence-corrected chi connectivity index (χ3v) is 2.95. The van der Waals surface area contributed by atoms with Crippen molar-refractivity contribution < 1.29 is 9.26 Å². The normalized spacial score (nSPS) is 10.2. The van der Waals surface area contributed by atoms with Gasteiger partial charge in [-0.3, -0.25) is 0 Å². The standard InChI is InChI=1S/C17H13N3O2/c1-3-10-21-14-8-5-7-13(11-14)17-19-16(20-22-17)15-9-4-6-12(2)18-15/h1,4-9,11H,10H2,2H3. The van der Waals surface area contributed by atoms with Gasteiger partial charge in [-0.1, -0.05) is 23.2 Å². The average Bonchev–Trinajstić information content (AvgIpc) is 3.03. The Morgan fingerprint density at radius 2 is 2.05 bits per heavy atom. The van der Waals surface area contributed by atoms with Crippen molar-refractivity contribution in [2.24, 2.45) is 0 Å². The number of hydrogen-bond acceptors (Lipinski definition) is 5. The minimum absolute atomic E-state index is 0.214. The van der Waals surface area contributed by atoms with Gasteiger partial charge in [-0.25, -0.2) is 4.98 Å². The van der Waals surface area contributed by atoms with Crippen LogP contribution < -0.4 is 4.74 Å². The first-order valence-electron chi connectivity index (χ1n) is 6.71. The first-order chi connectivity index (χ1) is 10.8. The highest BCUT2D eigenvalue weighted by Crippen LogP contribution is 2.24. The van der Waals surface area contributed by atoms with Crippen molar-refractivity contribution in [2.75, 3.05) is 6.61 Å². The molecule has 3 rings (SSSR count). The lowest BCUT2D eigenvalue weighted by Gasteiger charge is -2.02. The monoisotopic (exact) mass is 291 g/mol. The molecule has 0 N–H and O–H groups in total. The molecular weight excluding hydrogens is 278 g/mol. The van der Waals surface area contributed by atoms with Crippen molar-refractivity contribution in [3.63, 3.8) is 0 Å². The summed E-state index contributed by atoms with van der Waals surface area (Å²) in [5.41, 5.74) is 2.34. The van der Waals surface area contributed by atoms with Crippen LogP contribution in [0.3, 0.4) is 0 Å². The van der Waals surface area contributed by atoms with E-state index in [0.29, 0.717) is 23.2 Å². The average molecular weight is 291 g/mol. The molecule has 5 heteroatoms. The van der Waals surface area contributed by atoms with Crippen LogP contribution in [0.5, 0.6) is 5.75 Å². The molecule has 0 unspecified atom stereocenters. The highest BCUT2D eigenvalue weighted by molar-refractivity contribution is 5.59. The van der Waals surface area contributed by atoms with E-state index in [-0.39, 0.29) is 6.61 Å². The van der Waals surface area contributed by atoms with E-state index in [4.69, 9.17) is 15.7 Å². The summed E-state index contributed by atoms with van der Waals surface area (Å²) >= 11 is 0. The lowest BCUT2D eigenvalue weighted by molar-refractivity contribution is 0.370. The zero-order valence-corrected chi connectivity index (χ0v) is 12.0. The van der Waals surface area contributed by atoms with E-state index in [2.05, 4.69) is 21.0 Å².